The van der Waals surface area contributed by atoms with Crippen molar-refractivity contribution >= 4 is 16.8 Å². The number of carbonyl (C=O) groups is 1. The Morgan fingerprint density at radius 3 is 2.59 bits per heavy atom. The van der Waals surface area contributed by atoms with Crippen LogP contribution in [0, 0.1) is 11.6 Å². The van der Waals surface area contributed by atoms with Crippen molar-refractivity contribution in [2.75, 3.05) is 13.2 Å². The van der Waals surface area contributed by atoms with Crippen molar-refractivity contribution in [2.45, 2.75) is 18.7 Å². The minimum atomic E-state index is -1.12. The minimum Gasteiger partial charge on any atom is -0.380 e. The van der Waals surface area contributed by atoms with Crippen molar-refractivity contribution in [2.24, 2.45) is 7.05 Å². The van der Waals surface area contributed by atoms with Gasteiger partial charge in [0, 0.05) is 36.0 Å². The summed E-state index contributed by atoms with van der Waals surface area (Å²) in [7, 11) is 1.75. The Bertz CT molecular complexity index is 1460. The molecule has 2 aromatic carbocycles. The molecule has 2 aliphatic rings. The number of amides is 1. The Balaban J connectivity index is 1.37. The first-order valence-electron chi connectivity index (χ1n) is 10.8. The molecule has 1 N–H and O–H groups in total. The highest BCUT2D eigenvalue weighted by atomic mass is 19.1. The largest absolute Gasteiger partial charge is 0.380 e. The number of halogens is 2. The number of pyridine rings is 1. The fourth-order valence-corrected chi connectivity index (χ4v) is 4.71. The summed E-state index contributed by atoms with van der Waals surface area (Å²) in [5, 5.41) is 15.9. The lowest BCUT2D eigenvalue weighted by Crippen LogP contribution is -2.46. The molecule has 6 rings (SSSR count). The van der Waals surface area contributed by atoms with Gasteiger partial charge in [-0.2, -0.15) is 5.10 Å². The third-order valence-corrected chi connectivity index (χ3v) is 6.52. The van der Waals surface area contributed by atoms with E-state index >= 15 is 8.78 Å². The van der Waals surface area contributed by atoms with E-state index in [2.05, 4.69) is 10.1 Å². The smallest absolute Gasteiger partial charge is 0.256 e. The number of fused-ring (bicyclic) bond motifs is 2. The SMILES string of the molecule is Cn1cc2c(-c3cc(F)c(CN4Cc5ncccc5C4=O)c(F)c3)ccc(C3(O)COC3)c2n1. The maximum Gasteiger partial charge on any atom is 0.256 e. The van der Waals surface area contributed by atoms with E-state index in [0.717, 1.165) is 0 Å². The predicted octanol–water partition coefficient (Wildman–Crippen LogP) is 3.29. The third-order valence-electron chi connectivity index (χ3n) is 6.52. The van der Waals surface area contributed by atoms with Gasteiger partial charge in [0.2, 0.25) is 0 Å². The Hall–Kier alpha value is -3.69. The van der Waals surface area contributed by atoms with Gasteiger partial charge in [-0.3, -0.25) is 14.5 Å². The molecule has 4 aromatic rings. The van der Waals surface area contributed by atoms with Crippen molar-refractivity contribution in [1.82, 2.24) is 19.7 Å². The molecule has 0 spiro atoms. The first kappa shape index (κ1) is 20.9. The molecule has 1 saturated heterocycles. The number of benzene rings is 2. The van der Waals surface area contributed by atoms with Crippen LogP contribution in [0.4, 0.5) is 8.78 Å². The van der Waals surface area contributed by atoms with E-state index in [1.165, 1.54) is 17.0 Å². The number of carbonyl (C=O) groups excluding carboxylic acids is 1. The maximum absolute atomic E-state index is 15.2. The Morgan fingerprint density at radius 1 is 1.15 bits per heavy atom. The second-order valence-electron chi connectivity index (χ2n) is 8.83. The molecule has 2 aliphatic heterocycles. The number of hydrogen-bond acceptors (Lipinski definition) is 5. The number of nitrogens with zero attached hydrogens (tertiary/aromatic N) is 4. The topological polar surface area (TPSA) is 80.5 Å². The van der Waals surface area contributed by atoms with Gasteiger partial charge in [-0.1, -0.05) is 12.1 Å². The monoisotopic (exact) mass is 462 g/mol. The van der Waals surface area contributed by atoms with Gasteiger partial charge >= 0.3 is 0 Å². The molecule has 0 radical (unpaired) electrons. The molecular formula is C25H20F2N4O3. The molecule has 1 amide bonds. The van der Waals surface area contributed by atoms with Crippen LogP contribution in [-0.2, 0) is 30.5 Å². The zero-order valence-corrected chi connectivity index (χ0v) is 18.3. The second-order valence-corrected chi connectivity index (χ2v) is 8.83. The maximum atomic E-state index is 15.2. The molecule has 9 heteroatoms. The molecule has 1 fully saturated rings. The summed E-state index contributed by atoms with van der Waals surface area (Å²) in [5.74, 6) is -1.77. The van der Waals surface area contributed by atoms with Crippen molar-refractivity contribution < 1.29 is 23.4 Å². The highest BCUT2D eigenvalue weighted by Crippen LogP contribution is 2.38. The van der Waals surface area contributed by atoms with E-state index in [-0.39, 0.29) is 37.8 Å². The van der Waals surface area contributed by atoms with Crippen LogP contribution in [0.1, 0.15) is 27.2 Å². The second kappa shape index (κ2) is 7.41. The molecule has 0 unspecified atom stereocenters. The van der Waals surface area contributed by atoms with Gasteiger partial charge < -0.3 is 14.7 Å². The molecule has 0 saturated carbocycles. The average Bonchev–Trinajstić information content (AvgIpc) is 3.33. The summed E-state index contributed by atoms with van der Waals surface area (Å²) in [5.41, 5.74) is 1.87. The van der Waals surface area contributed by atoms with E-state index in [1.54, 1.807) is 48.4 Å². The van der Waals surface area contributed by atoms with E-state index in [0.29, 0.717) is 38.9 Å². The van der Waals surface area contributed by atoms with Gasteiger partial charge in [0.1, 0.15) is 17.2 Å². The fourth-order valence-electron chi connectivity index (χ4n) is 4.71. The highest BCUT2D eigenvalue weighted by molar-refractivity contribution is 5.98. The van der Waals surface area contributed by atoms with Gasteiger partial charge in [0.15, 0.2) is 0 Å². The molecule has 4 heterocycles. The number of aromatic nitrogens is 3. The molecule has 0 aliphatic carbocycles. The Morgan fingerprint density at radius 2 is 1.91 bits per heavy atom. The molecule has 172 valence electrons. The van der Waals surface area contributed by atoms with Gasteiger partial charge in [-0.05, 0) is 35.4 Å². The van der Waals surface area contributed by atoms with Crippen LogP contribution in [0.3, 0.4) is 0 Å². The molecular weight excluding hydrogens is 442 g/mol. The molecule has 7 nitrogen and oxygen atoms in total. The van der Waals surface area contributed by atoms with E-state index < -0.39 is 17.2 Å². The first-order valence-corrected chi connectivity index (χ1v) is 10.8. The summed E-state index contributed by atoms with van der Waals surface area (Å²) >= 11 is 0. The van der Waals surface area contributed by atoms with Crippen LogP contribution < -0.4 is 0 Å². The van der Waals surface area contributed by atoms with Crippen molar-refractivity contribution in [3.63, 3.8) is 0 Å². The van der Waals surface area contributed by atoms with Crippen molar-refractivity contribution in [3.8, 4) is 11.1 Å². The van der Waals surface area contributed by atoms with Gasteiger partial charge in [0.25, 0.3) is 5.91 Å². The van der Waals surface area contributed by atoms with Crippen molar-refractivity contribution in [3.05, 3.63) is 82.8 Å². The van der Waals surface area contributed by atoms with Crippen LogP contribution in [-0.4, -0.2) is 43.9 Å². The number of hydrogen-bond donors (Lipinski definition) is 1. The predicted molar refractivity (Wildman–Crippen MR) is 119 cm³/mol. The lowest BCUT2D eigenvalue weighted by Gasteiger charge is -2.36. The summed E-state index contributed by atoms with van der Waals surface area (Å²) in [6.45, 7) is 0.358. The zero-order chi connectivity index (χ0) is 23.6. The van der Waals surface area contributed by atoms with Gasteiger partial charge in [-0.15, -0.1) is 0 Å². The standard InChI is InChI=1S/C25H20F2N4O3/c1-30-9-17-15(4-5-19(23(17)29-30)25(33)12-34-13-25)14-7-20(26)18(21(27)8-14)10-31-11-22-16(24(31)32)3-2-6-28-22/h2-9,33H,10-13H2,1H3. The summed E-state index contributed by atoms with van der Waals surface area (Å²) in [4.78, 5) is 18.2. The van der Waals surface area contributed by atoms with Crippen LogP contribution >= 0.6 is 0 Å². The Labute approximate surface area is 193 Å². The number of aryl methyl sites for hydroxylation is 1. The van der Waals surface area contributed by atoms with Gasteiger partial charge in [0.05, 0.1) is 43.1 Å². The quantitative estimate of drug-likeness (QED) is 0.504. The number of aliphatic hydroxyl groups is 1. The minimum absolute atomic E-state index is 0.171. The molecule has 0 bridgehead atoms. The van der Waals surface area contributed by atoms with Crippen LogP contribution in [0.15, 0.2) is 48.8 Å². The molecule has 34 heavy (non-hydrogen) atoms. The van der Waals surface area contributed by atoms with E-state index in [9.17, 15) is 9.90 Å². The first-order chi connectivity index (χ1) is 16.3. The molecule has 2 aromatic heterocycles. The van der Waals surface area contributed by atoms with E-state index in [4.69, 9.17) is 4.74 Å². The summed E-state index contributed by atoms with van der Waals surface area (Å²) in [6, 6.07) is 9.33. The lowest BCUT2D eigenvalue weighted by molar-refractivity contribution is -0.183. The third kappa shape index (κ3) is 3.12. The van der Waals surface area contributed by atoms with Crippen LogP contribution in [0.25, 0.3) is 22.0 Å². The van der Waals surface area contributed by atoms with Crippen LogP contribution in [0.2, 0.25) is 0 Å². The Kier molecular flexibility index (Phi) is 4.55. The zero-order valence-electron chi connectivity index (χ0n) is 18.3. The summed E-state index contributed by atoms with van der Waals surface area (Å²) in [6.07, 6.45) is 3.35. The average molecular weight is 462 g/mol. The number of ether oxygens (including phenoxy) is 1. The molecule has 0 atom stereocenters. The number of rotatable bonds is 4. The van der Waals surface area contributed by atoms with Gasteiger partial charge in [-0.25, -0.2) is 8.78 Å². The van der Waals surface area contributed by atoms with Crippen LogP contribution in [0.5, 0.6) is 0 Å². The highest BCUT2D eigenvalue weighted by Gasteiger charge is 2.40. The van der Waals surface area contributed by atoms with Crippen molar-refractivity contribution in [1.29, 1.82) is 0 Å². The lowest BCUT2D eigenvalue weighted by atomic mass is 9.88. The fraction of sp³-hybridized carbons (Fsp3) is 0.240. The summed E-state index contributed by atoms with van der Waals surface area (Å²) < 4.78 is 37.1. The normalized spacial score (nSPS) is 16.7. The van der Waals surface area contributed by atoms with E-state index in [1.807, 2.05) is 0 Å².